The quantitative estimate of drug-likeness (QED) is 0.787. The van der Waals surface area contributed by atoms with E-state index in [4.69, 9.17) is 4.74 Å². The minimum absolute atomic E-state index is 0.0786. The van der Waals surface area contributed by atoms with Crippen LogP contribution in [0.2, 0.25) is 0 Å². The van der Waals surface area contributed by atoms with E-state index in [1.54, 1.807) is 17.5 Å². The molecular weight excluding hydrogens is 384 g/mol. The van der Waals surface area contributed by atoms with Crippen molar-refractivity contribution in [3.05, 3.63) is 47.5 Å². The Balaban J connectivity index is 1.13. The molecule has 2 aromatic rings. The van der Waals surface area contributed by atoms with Gasteiger partial charge in [-0.05, 0) is 37.7 Å². The van der Waals surface area contributed by atoms with Gasteiger partial charge in [-0.3, -0.25) is 4.90 Å². The number of benzene rings is 1. The largest absolute Gasteiger partial charge is 0.467 e. The van der Waals surface area contributed by atoms with Gasteiger partial charge in [-0.1, -0.05) is 41.7 Å². The normalized spacial score (nSPS) is 19.2. The van der Waals surface area contributed by atoms with Crippen LogP contribution in [0.25, 0.3) is 0 Å². The molecule has 0 spiro atoms. The van der Waals surface area contributed by atoms with Gasteiger partial charge in [-0.25, -0.2) is 9.78 Å². The molecule has 0 atom stereocenters. The van der Waals surface area contributed by atoms with Crippen LogP contribution in [0.3, 0.4) is 0 Å². The highest BCUT2D eigenvalue weighted by Crippen LogP contribution is 2.24. The third-order valence-corrected chi connectivity index (χ3v) is 6.62. The second-order valence-corrected chi connectivity index (χ2v) is 8.69. The molecule has 1 aromatic heterocycles. The van der Waals surface area contributed by atoms with E-state index in [0.29, 0.717) is 12.6 Å². The molecule has 1 aromatic carbocycles. The van der Waals surface area contributed by atoms with Crippen molar-refractivity contribution < 1.29 is 9.53 Å². The Morgan fingerprint density at radius 2 is 1.86 bits per heavy atom. The van der Waals surface area contributed by atoms with Gasteiger partial charge in [0.1, 0.15) is 6.10 Å². The third-order valence-electron chi connectivity index (χ3n) is 5.95. The van der Waals surface area contributed by atoms with Crippen LogP contribution in [0.4, 0.5) is 4.79 Å². The van der Waals surface area contributed by atoms with Crippen molar-refractivity contribution in [3.63, 3.8) is 0 Å². The number of thiazole rings is 1. The number of nitrogens with one attached hydrogen (secondary N) is 1. The lowest BCUT2D eigenvalue weighted by molar-refractivity contribution is 0.0535. The first kappa shape index (κ1) is 20.2. The van der Waals surface area contributed by atoms with E-state index in [2.05, 4.69) is 27.3 Å². The van der Waals surface area contributed by atoms with Gasteiger partial charge in [0.05, 0.1) is 0 Å². The van der Waals surface area contributed by atoms with Gasteiger partial charge in [0.25, 0.3) is 5.19 Å². The number of urea groups is 1. The molecule has 1 N–H and O–H groups in total. The van der Waals surface area contributed by atoms with Crippen LogP contribution >= 0.6 is 11.3 Å². The lowest BCUT2D eigenvalue weighted by Gasteiger charge is -2.41. The number of aromatic nitrogens is 1. The van der Waals surface area contributed by atoms with E-state index in [0.717, 1.165) is 63.5 Å². The fourth-order valence-electron chi connectivity index (χ4n) is 4.27. The predicted octanol–water partition coefficient (Wildman–Crippen LogP) is 3.40. The Morgan fingerprint density at radius 1 is 1.10 bits per heavy atom. The third kappa shape index (κ3) is 5.70. The molecule has 156 valence electrons. The molecule has 2 aliphatic rings. The summed E-state index contributed by atoms with van der Waals surface area (Å²) >= 11 is 1.56. The number of hydrogen-bond donors (Lipinski definition) is 1. The Hall–Kier alpha value is -2.12. The van der Waals surface area contributed by atoms with Crippen molar-refractivity contribution in [1.29, 1.82) is 0 Å². The fraction of sp³-hybridized carbons (Fsp3) is 0.545. The summed E-state index contributed by atoms with van der Waals surface area (Å²) in [6, 6.07) is 11.0. The lowest BCUT2D eigenvalue weighted by Crippen LogP contribution is -2.52. The minimum Gasteiger partial charge on any atom is -0.467 e. The van der Waals surface area contributed by atoms with Crippen LogP contribution in [0.5, 0.6) is 5.19 Å². The van der Waals surface area contributed by atoms with Gasteiger partial charge in [0.2, 0.25) is 0 Å². The molecule has 6 nitrogen and oxygen atoms in total. The molecule has 4 rings (SSSR count). The van der Waals surface area contributed by atoms with E-state index in [-0.39, 0.29) is 12.1 Å². The van der Waals surface area contributed by atoms with Gasteiger partial charge >= 0.3 is 6.03 Å². The Kier molecular flexibility index (Phi) is 7.00. The first-order valence-corrected chi connectivity index (χ1v) is 11.5. The molecule has 7 heteroatoms. The predicted molar refractivity (Wildman–Crippen MR) is 115 cm³/mol. The van der Waals surface area contributed by atoms with Crippen LogP contribution in [0.15, 0.2) is 41.9 Å². The maximum absolute atomic E-state index is 12.4. The van der Waals surface area contributed by atoms with Gasteiger partial charge in [0.15, 0.2) is 0 Å². The number of nitrogens with zero attached hydrogens (tertiary/aromatic N) is 3. The van der Waals surface area contributed by atoms with Crippen molar-refractivity contribution in [2.24, 2.45) is 0 Å². The highest BCUT2D eigenvalue weighted by Gasteiger charge is 2.30. The van der Waals surface area contributed by atoms with Crippen LogP contribution in [-0.2, 0) is 6.42 Å². The molecule has 0 bridgehead atoms. The molecule has 3 heterocycles. The summed E-state index contributed by atoms with van der Waals surface area (Å²) in [5, 5.41) is 5.82. The average Bonchev–Trinajstić information content (AvgIpc) is 3.28. The summed E-state index contributed by atoms with van der Waals surface area (Å²) in [6.45, 7) is 4.53. The molecule has 0 radical (unpaired) electrons. The standard InChI is InChI=1S/C22H30N4O2S/c27-21(23-11-6-18-4-2-1-3-5-18)26-13-7-19(8-14-26)25-15-9-20(10-16-25)28-22-24-12-17-29-22/h1-5,12,17,19-20H,6-11,13-16H2,(H,23,27). The van der Waals surface area contributed by atoms with E-state index < -0.39 is 0 Å². The molecular formula is C22H30N4O2S. The second-order valence-electron chi connectivity index (χ2n) is 7.84. The maximum atomic E-state index is 12.4. The molecule has 0 unspecified atom stereocenters. The summed E-state index contributed by atoms with van der Waals surface area (Å²) in [6.07, 6.45) is 7.18. The Bertz CT molecular complexity index is 739. The van der Waals surface area contributed by atoms with Gasteiger partial charge in [0, 0.05) is 50.3 Å². The smallest absolute Gasteiger partial charge is 0.317 e. The Labute approximate surface area is 176 Å². The lowest BCUT2D eigenvalue weighted by atomic mass is 9.99. The van der Waals surface area contributed by atoms with Gasteiger partial charge in [-0.2, -0.15) is 0 Å². The van der Waals surface area contributed by atoms with Crippen molar-refractivity contribution >= 4 is 17.4 Å². The first-order chi connectivity index (χ1) is 14.3. The van der Waals surface area contributed by atoms with E-state index in [1.807, 2.05) is 28.5 Å². The number of carbonyl (C=O) groups is 1. The Morgan fingerprint density at radius 3 is 2.55 bits per heavy atom. The molecule has 2 aliphatic heterocycles. The number of rotatable bonds is 6. The summed E-state index contributed by atoms with van der Waals surface area (Å²) in [7, 11) is 0. The zero-order valence-corrected chi connectivity index (χ0v) is 17.7. The van der Waals surface area contributed by atoms with E-state index in [1.165, 1.54) is 5.56 Å². The molecule has 0 aliphatic carbocycles. The SMILES string of the molecule is O=C(NCCc1ccccc1)N1CCC(N2CCC(Oc3nccs3)CC2)CC1. The second kappa shape index (κ2) is 10.1. The van der Waals surface area contributed by atoms with Crippen LogP contribution in [0, 0.1) is 0 Å². The minimum atomic E-state index is 0.0786. The fourth-order valence-corrected chi connectivity index (χ4v) is 4.83. The van der Waals surface area contributed by atoms with Crippen molar-refractivity contribution in [1.82, 2.24) is 20.1 Å². The molecule has 0 saturated carbocycles. The van der Waals surface area contributed by atoms with Crippen molar-refractivity contribution in [2.45, 2.75) is 44.2 Å². The van der Waals surface area contributed by atoms with Crippen molar-refractivity contribution in [2.75, 3.05) is 32.7 Å². The highest BCUT2D eigenvalue weighted by atomic mass is 32.1. The number of piperidine rings is 2. The molecule has 2 amide bonds. The zero-order chi connectivity index (χ0) is 19.9. The number of carbonyl (C=O) groups excluding carboxylic acids is 1. The summed E-state index contributed by atoms with van der Waals surface area (Å²) < 4.78 is 5.97. The van der Waals surface area contributed by atoms with Gasteiger partial charge in [-0.15, -0.1) is 0 Å². The highest BCUT2D eigenvalue weighted by molar-refractivity contribution is 7.11. The van der Waals surface area contributed by atoms with Gasteiger partial charge < -0.3 is 15.0 Å². The summed E-state index contributed by atoms with van der Waals surface area (Å²) in [4.78, 5) is 21.2. The average molecular weight is 415 g/mol. The van der Waals surface area contributed by atoms with Crippen LogP contribution < -0.4 is 10.1 Å². The zero-order valence-electron chi connectivity index (χ0n) is 16.8. The number of ether oxygens (including phenoxy) is 1. The number of hydrogen-bond acceptors (Lipinski definition) is 5. The topological polar surface area (TPSA) is 57.7 Å². The summed E-state index contributed by atoms with van der Waals surface area (Å²) in [5.41, 5.74) is 1.26. The van der Waals surface area contributed by atoms with E-state index >= 15 is 0 Å². The molecule has 29 heavy (non-hydrogen) atoms. The monoisotopic (exact) mass is 414 g/mol. The molecule has 2 saturated heterocycles. The van der Waals surface area contributed by atoms with E-state index in [9.17, 15) is 4.79 Å². The summed E-state index contributed by atoms with van der Waals surface area (Å²) in [5.74, 6) is 0. The number of likely N-dealkylation sites (tertiary alicyclic amines) is 2. The number of amides is 2. The molecule has 2 fully saturated rings. The first-order valence-electron chi connectivity index (χ1n) is 10.6. The maximum Gasteiger partial charge on any atom is 0.317 e. The van der Waals surface area contributed by atoms with Crippen molar-refractivity contribution in [3.8, 4) is 5.19 Å². The van der Waals surface area contributed by atoms with Crippen LogP contribution in [-0.4, -0.2) is 65.7 Å². The van der Waals surface area contributed by atoms with Crippen LogP contribution in [0.1, 0.15) is 31.2 Å².